The summed E-state index contributed by atoms with van der Waals surface area (Å²) >= 11 is 0. The highest BCUT2D eigenvalue weighted by atomic mass is 19.4. The van der Waals surface area contributed by atoms with E-state index in [-0.39, 0.29) is 30.3 Å². The van der Waals surface area contributed by atoms with Gasteiger partial charge in [-0.15, -0.1) is 0 Å². The monoisotopic (exact) mass is 591 g/mol. The molecule has 1 aromatic carbocycles. The maximum Gasteiger partial charge on any atom is 0.416 e. The molecular formula is C30H40F3N5O4. The average Bonchev–Trinajstić information content (AvgIpc) is 3.01. The Morgan fingerprint density at radius 1 is 1.10 bits per heavy atom. The highest BCUT2D eigenvalue weighted by molar-refractivity contribution is 5.94. The molecule has 230 valence electrons. The molecule has 3 aliphatic rings. The number of likely N-dealkylation sites (tertiary alicyclic amines) is 1. The molecule has 2 N–H and O–H groups in total. The molecule has 0 radical (unpaired) electrons. The number of nitrogens with zero attached hydrogens (tertiary/aromatic N) is 3. The third-order valence-corrected chi connectivity index (χ3v) is 8.58. The quantitative estimate of drug-likeness (QED) is 0.463. The molecule has 0 unspecified atom stereocenters. The summed E-state index contributed by atoms with van der Waals surface area (Å²) in [5, 5.41) is 7.03. The first-order chi connectivity index (χ1) is 20.2. The van der Waals surface area contributed by atoms with Crippen molar-refractivity contribution in [1.29, 1.82) is 0 Å². The largest absolute Gasteiger partial charge is 0.416 e. The van der Waals surface area contributed by atoms with Crippen LogP contribution in [0.1, 0.15) is 71.8 Å². The molecule has 3 fully saturated rings. The first-order valence-corrected chi connectivity index (χ1v) is 14.8. The number of hydrogen-bond acceptors (Lipinski definition) is 8. The Labute approximate surface area is 244 Å². The van der Waals surface area contributed by atoms with Crippen molar-refractivity contribution in [1.82, 2.24) is 20.2 Å². The van der Waals surface area contributed by atoms with E-state index in [0.717, 1.165) is 62.8 Å². The molecule has 0 bridgehead atoms. The second kappa shape index (κ2) is 13.7. The lowest BCUT2D eigenvalue weighted by atomic mass is 9.97. The average molecular weight is 592 g/mol. The van der Waals surface area contributed by atoms with Crippen molar-refractivity contribution in [3.8, 4) is 0 Å². The zero-order chi connectivity index (χ0) is 29.7. The van der Waals surface area contributed by atoms with Gasteiger partial charge in [0, 0.05) is 51.0 Å². The number of carbonyl (C=O) groups excluding carboxylic acids is 1. The SMILES string of the molecule is CO[C@H]1COCC[C@H]1NC1CCN(C(=O)c2ncnc(NC[C@H]3CCC[C@@H](c4ccc(C(F)(F)F)cc4)O3)c2C)CC1. The number of piperidine rings is 1. The van der Waals surface area contributed by atoms with E-state index in [1.54, 1.807) is 7.11 Å². The lowest BCUT2D eigenvalue weighted by molar-refractivity contribution is -0.137. The Bertz CT molecular complexity index is 1190. The number of amides is 1. The fourth-order valence-corrected chi connectivity index (χ4v) is 6.07. The predicted octanol–water partition coefficient (Wildman–Crippen LogP) is 4.52. The minimum atomic E-state index is -4.36. The van der Waals surface area contributed by atoms with Gasteiger partial charge in [-0.3, -0.25) is 4.79 Å². The Morgan fingerprint density at radius 3 is 2.57 bits per heavy atom. The van der Waals surface area contributed by atoms with E-state index in [9.17, 15) is 18.0 Å². The second-order valence-corrected chi connectivity index (χ2v) is 11.4. The smallest absolute Gasteiger partial charge is 0.379 e. The highest BCUT2D eigenvalue weighted by Crippen LogP contribution is 2.34. The minimum absolute atomic E-state index is 0.0442. The fourth-order valence-electron chi connectivity index (χ4n) is 6.07. The summed E-state index contributed by atoms with van der Waals surface area (Å²) < 4.78 is 56.1. The Morgan fingerprint density at radius 2 is 1.86 bits per heavy atom. The van der Waals surface area contributed by atoms with E-state index in [2.05, 4.69) is 20.6 Å². The molecule has 3 aliphatic heterocycles. The van der Waals surface area contributed by atoms with Crippen LogP contribution in [0.15, 0.2) is 30.6 Å². The molecule has 0 aliphatic carbocycles. The van der Waals surface area contributed by atoms with Crippen molar-refractivity contribution in [2.45, 2.75) is 82.0 Å². The van der Waals surface area contributed by atoms with Crippen molar-refractivity contribution in [2.75, 3.05) is 45.3 Å². The number of nitrogens with one attached hydrogen (secondary N) is 2. The van der Waals surface area contributed by atoms with Gasteiger partial charge in [0.05, 0.1) is 30.5 Å². The van der Waals surface area contributed by atoms with Crippen LogP contribution >= 0.6 is 0 Å². The van der Waals surface area contributed by atoms with Gasteiger partial charge in [0.1, 0.15) is 17.8 Å². The molecule has 42 heavy (non-hydrogen) atoms. The summed E-state index contributed by atoms with van der Waals surface area (Å²) in [5.74, 6) is 0.476. The van der Waals surface area contributed by atoms with E-state index in [0.29, 0.717) is 49.4 Å². The Hall–Kier alpha value is -2.80. The lowest BCUT2D eigenvalue weighted by Crippen LogP contribution is -2.54. The molecule has 1 amide bonds. The standard InChI is InChI=1S/C30H40F3N5O4/c1-19-27(29(39)38-13-10-22(11-14-38)37-24-12-15-41-17-26(24)40-2)35-18-36-28(19)34-16-23-4-3-5-25(42-23)20-6-8-21(9-7-20)30(31,32)33/h6-9,18,22-26,37H,3-5,10-17H2,1-2H3,(H,34,35,36)/t23-,24-,25+,26+/m1/s1. The molecular weight excluding hydrogens is 551 g/mol. The Kier molecular flexibility index (Phi) is 9.97. The summed E-state index contributed by atoms with van der Waals surface area (Å²) in [6.07, 6.45) is 1.78. The number of ether oxygens (including phenoxy) is 3. The van der Waals surface area contributed by atoms with E-state index < -0.39 is 11.7 Å². The maximum absolute atomic E-state index is 13.4. The molecule has 3 saturated heterocycles. The molecule has 0 saturated carbocycles. The van der Waals surface area contributed by atoms with Crippen LogP contribution in [0.2, 0.25) is 0 Å². The lowest BCUT2D eigenvalue weighted by Gasteiger charge is -2.38. The highest BCUT2D eigenvalue weighted by Gasteiger charge is 2.33. The molecule has 9 nitrogen and oxygen atoms in total. The number of aromatic nitrogens is 2. The van der Waals surface area contributed by atoms with Gasteiger partial charge in [0.2, 0.25) is 0 Å². The van der Waals surface area contributed by atoms with Crippen molar-refractivity contribution >= 4 is 11.7 Å². The summed E-state index contributed by atoms with van der Waals surface area (Å²) in [6, 6.07) is 5.77. The number of methoxy groups -OCH3 is 1. The van der Waals surface area contributed by atoms with E-state index >= 15 is 0 Å². The third kappa shape index (κ3) is 7.39. The van der Waals surface area contributed by atoms with Gasteiger partial charge in [-0.2, -0.15) is 13.2 Å². The normalized spacial score (nSPS) is 25.8. The summed E-state index contributed by atoms with van der Waals surface area (Å²) in [7, 11) is 1.71. The second-order valence-electron chi connectivity index (χ2n) is 11.4. The number of benzene rings is 1. The molecule has 1 aromatic heterocycles. The molecule has 5 rings (SSSR count). The van der Waals surface area contributed by atoms with Gasteiger partial charge >= 0.3 is 6.18 Å². The van der Waals surface area contributed by atoms with Crippen LogP contribution in [0.4, 0.5) is 19.0 Å². The molecule has 0 spiro atoms. The van der Waals surface area contributed by atoms with Crippen LogP contribution in [-0.4, -0.2) is 85.0 Å². The van der Waals surface area contributed by atoms with E-state index in [4.69, 9.17) is 14.2 Å². The van der Waals surface area contributed by atoms with Crippen molar-refractivity contribution in [3.05, 3.63) is 53.0 Å². The minimum Gasteiger partial charge on any atom is -0.379 e. The van der Waals surface area contributed by atoms with Crippen LogP contribution in [0, 0.1) is 6.92 Å². The van der Waals surface area contributed by atoms with Gasteiger partial charge in [0.15, 0.2) is 0 Å². The van der Waals surface area contributed by atoms with Crippen molar-refractivity contribution in [2.24, 2.45) is 0 Å². The van der Waals surface area contributed by atoms with Gasteiger partial charge in [-0.25, -0.2) is 9.97 Å². The van der Waals surface area contributed by atoms with E-state index in [1.165, 1.54) is 18.5 Å². The molecule has 4 atom stereocenters. The zero-order valence-electron chi connectivity index (χ0n) is 24.2. The summed E-state index contributed by atoms with van der Waals surface area (Å²) in [6.45, 7) is 4.92. The maximum atomic E-state index is 13.4. The zero-order valence-corrected chi connectivity index (χ0v) is 24.2. The van der Waals surface area contributed by atoms with Crippen LogP contribution in [0.3, 0.4) is 0 Å². The number of anilines is 1. The number of hydrogen-bond donors (Lipinski definition) is 2. The van der Waals surface area contributed by atoms with Crippen molar-refractivity contribution < 1.29 is 32.2 Å². The van der Waals surface area contributed by atoms with Gasteiger partial charge in [0.25, 0.3) is 5.91 Å². The number of halogens is 3. The summed E-state index contributed by atoms with van der Waals surface area (Å²) in [4.78, 5) is 24.0. The number of carbonyl (C=O) groups is 1. The topological polar surface area (TPSA) is 97.8 Å². The third-order valence-electron chi connectivity index (χ3n) is 8.58. The summed E-state index contributed by atoms with van der Waals surface area (Å²) in [5.41, 5.74) is 1.14. The Balaban J connectivity index is 1.13. The number of rotatable bonds is 8. The first kappa shape index (κ1) is 30.7. The van der Waals surface area contributed by atoms with Gasteiger partial charge < -0.3 is 29.7 Å². The van der Waals surface area contributed by atoms with Crippen LogP contribution in [0.5, 0.6) is 0 Å². The van der Waals surface area contributed by atoms with Crippen LogP contribution in [0.25, 0.3) is 0 Å². The molecule has 4 heterocycles. The van der Waals surface area contributed by atoms with Crippen molar-refractivity contribution in [3.63, 3.8) is 0 Å². The van der Waals surface area contributed by atoms with E-state index in [1.807, 2.05) is 11.8 Å². The fraction of sp³-hybridized carbons (Fsp3) is 0.633. The van der Waals surface area contributed by atoms with Crippen LogP contribution < -0.4 is 10.6 Å². The molecule has 2 aromatic rings. The molecule has 12 heteroatoms. The number of alkyl halides is 3. The van der Waals surface area contributed by atoms with Crippen LogP contribution in [-0.2, 0) is 20.4 Å². The first-order valence-electron chi connectivity index (χ1n) is 14.8. The predicted molar refractivity (Wildman–Crippen MR) is 150 cm³/mol. The van der Waals surface area contributed by atoms with Gasteiger partial charge in [-0.05, 0) is 63.1 Å². The van der Waals surface area contributed by atoms with Gasteiger partial charge in [-0.1, -0.05) is 12.1 Å².